The van der Waals surface area contributed by atoms with Crippen molar-refractivity contribution >= 4 is 31.9 Å². The van der Waals surface area contributed by atoms with E-state index in [1.165, 1.54) is 16.7 Å². The Morgan fingerprint density at radius 1 is 1.16 bits per heavy atom. The van der Waals surface area contributed by atoms with Crippen molar-refractivity contribution in [2.45, 2.75) is 25.6 Å². The van der Waals surface area contributed by atoms with Crippen molar-refractivity contribution in [2.24, 2.45) is 0 Å². The number of hydrogen-bond acceptors (Lipinski definition) is 2. The molecule has 2 rings (SSSR count). The number of aryl methyl sites for hydroxylation is 2. The Morgan fingerprint density at radius 3 is 2.32 bits per heavy atom. The molecule has 1 aromatic heterocycles. The number of hydrogen-bond donors (Lipinski definition) is 0. The molecule has 102 valence electrons. The van der Waals surface area contributed by atoms with Gasteiger partial charge >= 0.3 is 0 Å². The van der Waals surface area contributed by atoms with Crippen LogP contribution < -0.4 is 4.74 Å². The summed E-state index contributed by atoms with van der Waals surface area (Å²) in [6, 6.07) is 6.09. The van der Waals surface area contributed by atoms with E-state index in [-0.39, 0.29) is 4.83 Å². The van der Waals surface area contributed by atoms with Gasteiger partial charge in [-0.3, -0.25) is 0 Å². The zero-order valence-electron chi connectivity index (χ0n) is 11.4. The van der Waals surface area contributed by atoms with Gasteiger partial charge in [0.05, 0.1) is 16.4 Å². The number of ether oxygens (including phenoxy) is 1. The second-order valence-electron chi connectivity index (χ2n) is 4.51. The predicted molar refractivity (Wildman–Crippen MR) is 84.4 cm³/mol. The molecule has 4 heteroatoms. The highest BCUT2D eigenvalue weighted by Crippen LogP contribution is 2.39. The van der Waals surface area contributed by atoms with Crippen LogP contribution in [-0.4, -0.2) is 7.11 Å². The van der Waals surface area contributed by atoms with E-state index in [9.17, 15) is 0 Å². The quantitative estimate of drug-likeness (QED) is 0.652. The molecule has 1 unspecified atom stereocenters. The highest BCUT2D eigenvalue weighted by Gasteiger charge is 2.21. The Balaban J connectivity index is 2.44. The molecule has 0 spiro atoms. The van der Waals surface area contributed by atoms with Crippen LogP contribution in [0.5, 0.6) is 5.75 Å². The van der Waals surface area contributed by atoms with Gasteiger partial charge in [0, 0.05) is 5.56 Å². The first-order valence-corrected chi connectivity index (χ1v) is 7.70. The molecular weight excluding hydrogens is 372 g/mol. The first kappa shape index (κ1) is 14.7. The molecule has 0 bridgehead atoms. The predicted octanol–water partition coefficient (Wildman–Crippen LogP) is 5.46. The normalized spacial score (nSPS) is 12.5. The molecule has 0 aliphatic heterocycles. The topological polar surface area (TPSA) is 22.4 Å². The minimum Gasteiger partial charge on any atom is -0.496 e. The monoisotopic (exact) mass is 386 g/mol. The third-order valence-electron chi connectivity index (χ3n) is 3.34. The van der Waals surface area contributed by atoms with Gasteiger partial charge in [-0.2, -0.15) is 0 Å². The Kier molecular flexibility index (Phi) is 4.41. The minimum absolute atomic E-state index is 0.118. The van der Waals surface area contributed by atoms with E-state index >= 15 is 0 Å². The molecular formula is C15H16Br2O2. The van der Waals surface area contributed by atoms with Gasteiger partial charge in [-0.1, -0.05) is 22.0 Å². The van der Waals surface area contributed by atoms with E-state index in [1.807, 2.05) is 19.9 Å². The molecule has 0 radical (unpaired) electrons. The third-order valence-corrected chi connectivity index (χ3v) is 4.95. The van der Waals surface area contributed by atoms with Crippen LogP contribution in [0.1, 0.15) is 33.0 Å². The summed E-state index contributed by atoms with van der Waals surface area (Å²) < 4.78 is 11.9. The SMILES string of the molecule is COc1ccc(C(Br)c2c(C)oc(C)c2C)cc1Br. The van der Waals surface area contributed by atoms with Crippen LogP contribution in [0.4, 0.5) is 0 Å². The second-order valence-corrected chi connectivity index (χ2v) is 6.28. The van der Waals surface area contributed by atoms with Crippen LogP contribution in [0.25, 0.3) is 0 Å². The number of furan rings is 1. The Labute approximate surface area is 130 Å². The van der Waals surface area contributed by atoms with Crippen LogP contribution in [-0.2, 0) is 0 Å². The van der Waals surface area contributed by atoms with Gasteiger partial charge in [0.25, 0.3) is 0 Å². The summed E-state index contributed by atoms with van der Waals surface area (Å²) in [5, 5.41) is 0. The molecule has 2 nitrogen and oxygen atoms in total. The maximum absolute atomic E-state index is 5.70. The number of rotatable bonds is 3. The molecule has 1 atom stereocenters. The average molecular weight is 388 g/mol. The van der Waals surface area contributed by atoms with Crippen LogP contribution in [0.15, 0.2) is 27.1 Å². The largest absolute Gasteiger partial charge is 0.496 e. The molecule has 0 aliphatic carbocycles. The maximum atomic E-state index is 5.70. The van der Waals surface area contributed by atoms with Crippen molar-refractivity contribution in [1.29, 1.82) is 0 Å². The lowest BCUT2D eigenvalue weighted by Crippen LogP contribution is -1.96. The molecule has 0 saturated carbocycles. The molecule has 0 saturated heterocycles. The van der Waals surface area contributed by atoms with Gasteiger partial charge in [-0.25, -0.2) is 0 Å². The van der Waals surface area contributed by atoms with E-state index in [2.05, 4.69) is 50.9 Å². The Bertz CT molecular complexity index is 602. The second kappa shape index (κ2) is 5.71. The number of benzene rings is 1. The van der Waals surface area contributed by atoms with Gasteiger partial charge in [0.15, 0.2) is 0 Å². The standard InChI is InChI=1S/C15H16Br2O2/c1-8-9(2)19-10(3)14(8)15(17)11-5-6-13(18-4)12(16)7-11/h5-7,15H,1-4H3. The lowest BCUT2D eigenvalue weighted by atomic mass is 10.0. The maximum Gasteiger partial charge on any atom is 0.133 e. The smallest absolute Gasteiger partial charge is 0.133 e. The van der Waals surface area contributed by atoms with Crippen molar-refractivity contribution in [3.05, 3.63) is 50.9 Å². The molecule has 0 fully saturated rings. The molecule has 2 aromatic rings. The van der Waals surface area contributed by atoms with E-state index in [1.54, 1.807) is 7.11 Å². The van der Waals surface area contributed by atoms with Crippen LogP contribution in [0.3, 0.4) is 0 Å². The molecule has 0 N–H and O–H groups in total. The summed E-state index contributed by atoms with van der Waals surface area (Å²) in [7, 11) is 1.67. The fraction of sp³-hybridized carbons (Fsp3) is 0.333. The summed E-state index contributed by atoms with van der Waals surface area (Å²) in [6.45, 7) is 6.09. The van der Waals surface area contributed by atoms with E-state index < -0.39 is 0 Å². The van der Waals surface area contributed by atoms with Crippen molar-refractivity contribution in [1.82, 2.24) is 0 Å². The van der Waals surface area contributed by atoms with Crippen LogP contribution in [0, 0.1) is 20.8 Å². The van der Waals surface area contributed by atoms with Gasteiger partial charge in [0.1, 0.15) is 17.3 Å². The summed E-state index contributed by atoms with van der Waals surface area (Å²) in [6.07, 6.45) is 0. The van der Waals surface area contributed by atoms with Crippen molar-refractivity contribution in [3.8, 4) is 5.75 Å². The zero-order valence-corrected chi connectivity index (χ0v) is 14.6. The van der Waals surface area contributed by atoms with Crippen molar-refractivity contribution in [2.75, 3.05) is 7.11 Å². The van der Waals surface area contributed by atoms with Crippen molar-refractivity contribution in [3.63, 3.8) is 0 Å². The summed E-state index contributed by atoms with van der Waals surface area (Å²) >= 11 is 7.29. The van der Waals surface area contributed by atoms with Gasteiger partial charge in [-0.15, -0.1) is 0 Å². The number of alkyl halides is 1. The fourth-order valence-corrected chi connectivity index (χ4v) is 3.70. The fourth-order valence-electron chi connectivity index (χ4n) is 2.19. The molecule has 0 amide bonds. The molecule has 19 heavy (non-hydrogen) atoms. The Morgan fingerprint density at radius 2 is 1.84 bits per heavy atom. The third kappa shape index (κ3) is 2.75. The lowest BCUT2D eigenvalue weighted by Gasteiger charge is -2.13. The van der Waals surface area contributed by atoms with Gasteiger partial charge in [0.2, 0.25) is 0 Å². The summed E-state index contributed by atoms with van der Waals surface area (Å²) in [5.41, 5.74) is 3.57. The van der Waals surface area contributed by atoms with Gasteiger partial charge in [-0.05, 0) is 60.0 Å². The average Bonchev–Trinajstić information content (AvgIpc) is 2.62. The minimum atomic E-state index is 0.118. The molecule has 1 heterocycles. The number of methoxy groups -OCH3 is 1. The zero-order chi connectivity index (χ0) is 14.2. The molecule has 0 aliphatic rings. The highest BCUT2D eigenvalue weighted by atomic mass is 79.9. The van der Waals surface area contributed by atoms with E-state index in [4.69, 9.17) is 9.15 Å². The summed E-state index contributed by atoms with van der Waals surface area (Å²) in [5.74, 6) is 2.77. The first-order valence-electron chi connectivity index (χ1n) is 5.99. The van der Waals surface area contributed by atoms with E-state index in [0.29, 0.717) is 0 Å². The van der Waals surface area contributed by atoms with Crippen molar-refractivity contribution < 1.29 is 9.15 Å². The first-order chi connectivity index (χ1) is 8.95. The van der Waals surface area contributed by atoms with Crippen LogP contribution >= 0.6 is 31.9 Å². The lowest BCUT2D eigenvalue weighted by molar-refractivity contribution is 0.412. The van der Waals surface area contributed by atoms with E-state index in [0.717, 1.165) is 21.7 Å². The summed E-state index contributed by atoms with van der Waals surface area (Å²) in [4.78, 5) is 0.118. The van der Waals surface area contributed by atoms with Gasteiger partial charge < -0.3 is 9.15 Å². The number of halogens is 2. The van der Waals surface area contributed by atoms with Crippen LogP contribution in [0.2, 0.25) is 0 Å². The Hall–Kier alpha value is -0.740. The molecule has 1 aromatic carbocycles. The highest BCUT2D eigenvalue weighted by molar-refractivity contribution is 9.10.